The molecule has 25 heavy (non-hydrogen) atoms. The van der Waals surface area contributed by atoms with E-state index in [0.29, 0.717) is 0 Å². The molecule has 0 fully saturated rings. The molecule has 0 aliphatic carbocycles. The average molecular weight is 350 g/mol. The zero-order chi connectivity index (χ0) is 18.7. The molecule has 0 radical (unpaired) electrons. The molecule has 0 aliphatic heterocycles. The van der Waals surface area contributed by atoms with Crippen LogP contribution in [0.1, 0.15) is 31.1 Å². The van der Waals surface area contributed by atoms with Crippen LogP contribution in [0.5, 0.6) is 0 Å². The Bertz CT molecular complexity index is 694. The van der Waals surface area contributed by atoms with Crippen LogP contribution >= 0.6 is 0 Å². The standard InChI is InChI=1S/C20H21F3O2/c1-19(2,13-14-9-5-3-6-10-14)18(25)16(20(21,22)23)17(24)15-11-7-4-8-12-15/h3-12,16-17,24H,13H2,1-2H3. The van der Waals surface area contributed by atoms with Crippen molar-refractivity contribution in [2.45, 2.75) is 32.5 Å². The molecule has 1 N–H and O–H groups in total. The van der Waals surface area contributed by atoms with Gasteiger partial charge in [0.1, 0.15) is 5.92 Å². The van der Waals surface area contributed by atoms with Crippen molar-refractivity contribution >= 4 is 5.78 Å². The zero-order valence-electron chi connectivity index (χ0n) is 14.1. The van der Waals surface area contributed by atoms with Crippen LogP contribution in [0.2, 0.25) is 0 Å². The number of carbonyl (C=O) groups excluding carboxylic acids is 1. The summed E-state index contributed by atoms with van der Waals surface area (Å²) in [5.74, 6) is -3.48. The quantitative estimate of drug-likeness (QED) is 0.817. The van der Waals surface area contributed by atoms with Crippen molar-refractivity contribution in [1.29, 1.82) is 0 Å². The van der Waals surface area contributed by atoms with Gasteiger partial charge in [-0.2, -0.15) is 13.2 Å². The van der Waals surface area contributed by atoms with Gasteiger partial charge in [-0.1, -0.05) is 74.5 Å². The molecule has 0 aliphatic rings. The second-order valence-corrected chi connectivity index (χ2v) is 6.79. The Hall–Kier alpha value is -2.14. The van der Waals surface area contributed by atoms with Crippen molar-refractivity contribution in [2.24, 2.45) is 11.3 Å². The molecule has 0 bridgehead atoms. The molecule has 0 saturated heterocycles. The maximum atomic E-state index is 13.6. The molecule has 2 atom stereocenters. The van der Waals surface area contributed by atoms with Crippen molar-refractivity contribution in [3.8, 4) is 0 Å². The highest BCUT2D eigenvalue weighted by Crippen LogP contribution is 2.41. The first kappa shape index (κ1) is 19.2. The molecular weight excluding hydrogens is 329 g/mol. The van der Waals surface area contributed by atoms with E-state index < -0.39 is 29.4 Å². The van der Waals surface area contributed by atoms with E-state index in [1.807, 2.05) is 0 Å². The number of carbonyl (C=O) groups is 1. The van der Waals surface area contributed by atoms with Crippen LogP contribution in [0.3, 0.4) is 0 Å². The molecule has 134 valence electrons. The van der Waals surface area contributed by atoms with Crippen LogP contribution in [0, 0.1) is 11.3 Å². The summed E-state index contributed by atoms with van der Waals surface area (Å²) in [5, 5.41) is 10.3. The fourth-order valence-corrected chi connectivity index (χ4v) is 2.93. The predicted octanol–water partition coefficient (Wildman–Crippen LogP) is 4.74. The Morgan fingerprint density at radius 2 is 1.44 bits per heavy atom. The molecule has 2 unspecified atom stereocenters. The van der Waals surface area contributed by atoms with Gasteiger partial charge >= 0.3 is 6.18 Å². The van der Waals surface area contributed by atoms with Gasteiger partial charge in [-0.25, -0.2) is 0 Å². The maximum Gasteiger partial charge on any atom is 0.401 e. The topological polar surface area (TPSA) is 37.3 Å². The monoisotopic (exact) mass is 350 g/mol. The van der Waals surface area contributed by atoms with Gasteiger partial charge in [0.15, 0.2) is 5.78 Å². The predicted molar refractivity (Wildman–Crippen MR) is 89.9 cm³/mol. The Balaban J connectivity index is 2.32. The Morgan fingerprint density at radius 3 is 1.92 bits per heavy atom. The summed E-state index contributed by atoms with van der Waals surface area (Å²) in [5.41, 5.74) is -0.415. The number of benzene rings is 2. The second kappa shape index (κ2) is 7.40. The number of ketones is 1. The molecule has 2 aromatic rings. The third-order valence-corrected chi connectivity index (χ3v) is 4.25. The smallest absolute Gasteiger partial charge is 0.387 e. The zero-order valence-corrected chi connectivity index (χ0v) is 14.1. The highest BCUT2D eigenvalue weighted by molar-refractivity contribution is 5.88. The van der Waals surface area contributed by atoms with Gasteiger partial charge in [-0.15, -0.1) is 0 Å². The number of alkyl halides is 3. The molecule has 0 saturated carbocycles. The lowest BCUT2D eigenvalue weighted by Gasteiger charge is -2.32. The van der Waals surface area contributed by atoms with E-state index in [1.54, 1.807) is 36.4 Å². The number of aliphatic hydroxyl groups is 1. The van der Waals surface area contributed by atoms with E-state index in [1.165, 1.54) is 38.1 Å². The van der Waals surface area contributed by atoms with E-state index in [9.17, 15) is 23.1 Å². The van der Waals surface area contributed by atoms with Gasteiger partial charge in [0.25, 0.3) is 0 Å². The van der Waals surface area contributed by atoms with E-state index in [4.69, 9.17) is 0 Å². The maximum absolute atomic E-state index is 13.6. The molecule has 2 nitrogen and oxygen atoms in total. The van der Waals surface area contributed by atoms with E-state index in [2.05, 4.69) is 0 Å². The molecular formula is C20H21F3O2. The highest BCUT2D eigenvalue weighted by Gasteiger charge is 2.53. The van der Waals surface area contributed by atoms with Gasteiger partial charge in [0.05, 0.1) is 6.10 Å². The number of halogens is 3. The van der Waals surface area contributed by atoms with Crippen molar-refractivity contribution < 1.29 is 23.1 Å². The van der Waals surface area contributed by atoms with Gasteiger partial charge in [0, 0.05) is 5.41 Å². The first-order valence-corrected chi connectivity index (χ1v) is 8.01. The van der Waals surface area contributed by atoms with Gasteiger partial charge < -0.3 is 5.11 Å². The van der Waals surface area contributed by atoms with Crippen LogP contribution in [0.25, 0.3) is 0 Å². The van der Waals surface area contributed by atoms with Gasteiger partial charge in [-0.3, -0.25) is 4.79 Å². The minimum Gasteiger partial charge on any atom is -0.387 e. The first-order chi connectivity index (χ1) is 11.6. The van der Waals surface area contributed by atoms with E-state index >= 15 is 0 Å². The third-order valence-electron chi connectivity index (χ3n) is 4.25. The number of Topliss-reactive ketones (excluding diaryl/α,β-unsaturated/α-hetero) is 1. The minimum atomic E-state index is -4.83. The fourth-order valence-electron chi connectivity index (χ4n) is 2.93. The highest BCUT2D eigenvalue weighted by atomic mass is 19.4. The van der Waals surface area contributed by atoms with E-state index in [-0.39, 0.29) is 12.0 Å². The molecule has 0 amide bonds. The summed E-state index contributed by atoms with van der Waals surface area (Å²) >= 11 is 0. The van der Waals surface area contributed by atoms with Crippen LogP contribution in [0.15, 0.2) is 60.7 Å². The Morgan fingerprint density at radius 1 is 0.960 bits per heavy atom. The fraction of sp³-hybridized carbons (Fsp3) is 0.350. The summed E-state index contributed by atoms with van der Waals surface area (Å²) in [7, 11) is 0. The average Bonchev–Trinajstić information content (AvgIpc) is 2.55. The summed E-state index contributed by atoms with van der Waals surface area (Å²) < 4.78 is 40.8. The molecule has 0 aromatic heterocycles. The van der Waals surface area contributed by atoms with Crippen molar-refractivity contribution in [2.75, 3.05) is 0 Å². The van der Waals surface area contributed by atoms with Gasteiger partial charge in [0.2, 0.25) is 0 Å². The van der Waals surface area contributed by atoms with E-state index in [0.717, 1.165) is 5.56 Å². The lowest BCUT2D eigenvalue weighted by molar-refractivity contribution is -0.206. The lowest BCUT2D eigenvalue weighted by atomic mass is 9.74. The van der Waals surface area contributed by atoms with Crippen molar-refractivity contribution in [3.63, 3.8) is 0 Å². The van der Waals surface area contributed by atoms with Crippen molar-refractivity contribution in [3.05, 3.63) is 71.8 Å². The summed E-state index contributed by atoms with van der Waals surface area (Å²) in [4.78, 5) is 12.8. The number of rotatable bonds is 6. The third kappa shape index (κ3) is 4.69. The van der Waals surface area contributed by atoms with Crippen LogP contribution in [-0.2, 0) is 11.2 Å². The number of aliphatic hydroxyl groups excluding tert-OH is 1. The minimum absolute atomic E-state index is 0.0775. The summed E-state index contributed by atoms with van der Waals surface area (Å²) in [6.45, 7) is 2.97. The molecule has 0 heterocycles. The summed E-state index contributed by atoms with van der Waals surface area (Å²) in [6, 6.07) is 16.4. The van der Waals surface area contributed by atoms with Crippen LogP contribution in [-0.4, -0.2) is 17.1 Å². The normalized spacial score (nSPS) is 14.8. The van der Waals surface area contributed by atoms with Crippen LogP contribution < -0.4 is 0 Å². The largest absolute Gasteiger partial charge is 0.401 e. The molecule has 0 spiro atoms. The first-order valence-electron chi connectivity index (χ1n) is 8.01. The molecule has 2 aromatic carbocycles. The molecule has 5 heteroatoms. The summed E-state index contributed by atoms with van der Waals surface area (Å²) in [6.07, 6.45) is -6.59. The number of hydrogen-bond acceptors (Lipinski definition) is 2. The number of hydrogen-bond donors (Lipinski definition) is 1. The van der Waals surface area contributed by atoms with Crippen molar-refractivity contribution in [1.82, 2.24) is 0 Å². The van der Waals surface area contributed by atoms with Gasteiger partial charge in [-0.05, 0) is 17.5 Å². The second-order valence-electron chi connectivity index (χ2n) is 6.79. The Labute approximate surface area is 145 Å². The Kier molecular flexibility index (Phi) is 5.68. The lowest BCUT2D eigenvalue weighted by Crippen LogP contribution is -2.43. The van der Waals surface area contributed by atoms with Crippen LogP contribution in [0.4, 0.5) is 13.2 Å². The molecule has 2 rings (SSSR count). The SMILES string of the molecule is CC(C)(Cc1ccccc1)C(=O)C(C(O)c1ccccc1)C(F)(F)F.